The van der Waals surface area contributed by atoms with Gasteiger partial charge in [-0.3, -0.25) is 0 Å². The average molecular weight is 296 g/mol. The molecule has 0 spiro atoms. The average Bonchev–Trinajstić information content (AvgIpc) is 2.90. The molecule has 0 amide bonds. The van der Waals surface area contributed by atoms with Crippen molar-refractivity contribution < 1.29 is 4.39 Å². The van der Waals surface area contributed by atoms with E-state index in [1.807, 2.05) is 25.3 Å². The van der Waals surface area contributed by atoms with Crippen molar-refractivity contribution >= 4 is 16.7 Å². The number of fused-ring (bicyclic) bond motifs is 1. The SMILES string of the molecule is C=C(Nc1ccc(-c2c[nH]c3cc(F)ccc23)cn1)[C@H](C)N. The molecule has 2 aromatic heterocycles. The van der Waals surface area contributed by atoms with E-state index < -0.39 is 0 Å². The Morgan fingerprint density at radius 1 is 1.36 bits per heavy atom. The minimum atomic E-state index is -0.256. The Morgan fingerprint density at radius 2 is 2.18 bits per heavy atom. The first-order chi connectivity index (χ1) is 10.5. The highest BCUT2D eigenvalue weighted by Crippen LogP contribution is 2.29. The number of nitrogens with zero attached hydrogens (tertiary/aromatic N) is 1. The number of hydrogen-bond acceptors (Lipinski definition) is 3. The standard InChI is InChI=1S/C17H17FN4/c1-10(19)11(2)22-17-6-3-12(8-21-17)15-9-20-16-7-13(18)4-5-14(15)16/h3-10,20H,2,19H2,1H3,(H,21,22)/t10-/m0/s1. The molecule has 4 N–H and O–H groups in total. The highest BCUT2D eigenvalue weighted by Gasteiger charge is 2.08. The van der Waals surface area contributed by atoms with Crippen LogP contribution in [0.3, 0.4) is 0 Å². The maximum atomic E-state index is 13.2. The zero-order valence-corrected chi connectivity index (χ0v) is 12.2. The van der Waals surface area contributed by atoms with Crippen molar-refractivity contribution in [2.45, 2.75) is 13.0 Å². The predicted molar refractivity (Wildman–Crippen MR) is 87.9 cm³/mol. The molecule has 5 heteroatoms. The van der Waals surface area contributed by atoms with E-state index in [2.05, 4.69) is 21.9 Å². The van der Waals surface area contributed by atoms with Crippen LogP contribution >= 0.6 is 0 Å². The lowest BCUT2D eigenvalue weighted by molar-refractivity contribution is 0.629. The van der Waals surface area contributed by atoms with Gasteiger partial charge in [-0.25, -0.2) is 9.37 Å². The highest BCUT2D eigenvalue weighted by atomic mass is 19.1. The maximum absolute atomic E-state index is 13.2. The van der Waals surface area contributed by atoms with E-state index in [0.29, 0.717) is 11.5 Å². The lowest BCUT2D eigenvalue weighted by Crippen LogP contribution is -2.22. The number of halogens is 1. The Bertz CT molecular complexity index is 818. The van der Waals surface area contributed by atoms with Gasteiger partial charge in [-0.05, 0) is 37.3 Å². The lowest BCUT2D eigenvalue weighted by Gasteiger charge is -2.12. The molecule has 1 atom stereocenters. The smallest absolute Gasteiger partial charge is 0.130 e. The summed E-state index contributed by atoms with van der Waals surface area (Å²) >= 11 is 0. The van der Waals surface area contributed by atoms with Crippen LogP contribution in [0.15, 0.2) is 55.0 Å². The summed E-state index contributed by atoms with van der Waals surface area (Å²) in [5, 5.41) is 4.03. The summed E-state index contributed by atoms with van der Waals surface area (Å²) in [4.78, 5) is 7.44. The van der Waals surface area contributed by atoms with Gasteiger partial charge in [0.2, 0.25) is 0 Å². The second-order valence-electron chi connectivity index (χ2n) is 5.26. The Balaban J connectivity index is 1.90. The van der Waals surface area contributed by atoms with Crippen LogP contribution < -0.4 is 11.1 Å². The molecule has 2 heterocycles. The Kier molecular flexibility index (Phi) is 3.65. The Hall–Kier alpha value is -2.66. The van der Waals surface area contributed by atoms with E-state index in [0.717, 1.165) is 22.0 Å². The number of H-pyrrole nitrogens is 1. The maximum Gasteiger partial charge on any atom is 0.130 e. The molecular formula is C17H17FN4. The summed E-state index contributed by atoms with van der Waals surface area (Å²) in [5.74, 6) is 0.435. The van der Waals surface area contributed by atoms with Crippen LogP contribution in [0.2, 0.25) is 0 Å². The second-order valence-corrected chi connectivity index (χ2v) is 5.26. The third-order valence-corrected chi connectivity index (χ3v) is 3.56. The second kappa shape index (κ2) is 5.61. The van der Waals surface area contributed by atoms with Crippen LogP contribution in [0.5, 0.6) is 0 Å². The molecule has 0 aliphatic carbocycles. The van der Waals surface area contributed by atoms with Gasteiger partial charge in [0.05, 0.1) is 0 Å². The van der Waals surface area contributed by atoms with E-state index >= 15 is 0 Å². The number of benzene rings is 1. The minimum Gasteiger partial charge on any atom is -0.360 e. The molecular weight excluding hydrogens is 279 g/mol. The van der Waals surface area contributed by atoms with Crippen LogP contribution in [-0.4, -0.2) is 16.0 Å². The summed E-state index contributed by atoms with van der Waals surface area (Å²) in [5.41, 5.74) is 9.16. The Labute approximate surface area is 127 Å². The van der Waals surface area contributed by atoms with Crippen molar-refractivity contribution in [2.24, 2.45) is 5.73 Å². The molecule has 22 heavy (non-hydrogen) atoms. The van der Waals surface area contributed by atoms with Gasteiger partial charge in [-0.1, -0.05) is 6.58 Å². The number of rotatable bonds is 4. The van der Waals surface area contributed by atoms with E-state index in [1.54, 1.807) is 12.3 Å². The first-order valence-electron chi connectivity index (χ1n) is 6.99. The van der Waals surface area contributed by atoms with Crippen LogP contribution in [0, 0.1) is 5.82 Å². The molecule has 0 aliphatic heterocycles. The molecule has 0 fully saturated rings. The van der Waals surface area contributed by atoms with E-state index in [1.165, 1.54) is 12.1 Å². The van der Waals surface area contributed by atoms with Crippen LogP contribution in [0.4, 0.5) is 10.2 Å². The molecule has 4 nitrogen and oxygen atoms in total. The van der Waals surface area contributed by atoms with Crippen LogP contribution in [-0.2, 0) is 0 Å². The van der Waals surface area contributed by atoms with Gasteiger partial charge in [0.1, 0.15) is 11.6 Å². The van der Waals surface area contributed by atoms with Crippen molar-refractivity contribution in [3.63, 3.8) is 0 Å². The molecule has 112 valence electrons. The normalized spacial score (nSPS) is 12.3. The van der Waals surface area contributed by atoms with Gasteiger partial charge >= 0.3 is 0 Å². The highest BCUT2D eigenvalue weighted by molar-refractivity contribution is 5.95. The third-order valence-electron chi connectivity index (χ3n) is 3.56. The van der Waals surface area contributed by atoms with Crippen molar-refractivity contribution in [1.29, 1.82) is 0 Å². The summed E-state index contributed by atoms with van der Waals surface area (Å²) in [6, 6.07) is 8.37. The topological polar surface area (TPSA) is 66.7 Å². The molecule has 3 aromatic rings. The van der Waals surface area contributed by atoms with Crippen LogP contribution in [0.25, 0.3) is 22.0 Å². The van der Waals surface area contributed by atoms with Gasteiger partial charge in [-0.15, -0.1) is 0 Å². The first-order valence-corrected chi connectivity index (χ1v) is 6.99. The third kappa shape index (κ3) is 2.71. The molecule has 0 radical (unpaired) electrons. The van der Waals surface area contributed by atoms with Crippen molar-refractivity contribution in [1.82, 2.24) is 9.97 Å². The van der Waals surface area contributed by atoms with Crippen molar-refractivity contribution in [2.75, 3.05) is 5.32 Å². The fraction of sp³-hybridized carbons (Fsp3) is 0.118. The zero-order chi connectivity index (χ0) is 15.7. The monoisotopic (exact) mass is 296 g/mol. The van der Waals surface area contributed by atoms with E-state index in [-0.39, 0.29) is 11.9 Å². The van der Waals surface area contributed by atoms with Gasteiger partial charge in [0.25, 0.3) is 0 Å². The number of nitrogens with two attached hydrogens (primary N) is 1. The number of aromatic nitrogens is 2. The van der Waals surface area contributed by atoms with Gasteiger partial charge < -0.3 is 16.0 Å². The lowest BCUT2D eigenvalue weighted by atomic mass is 10.1. The summed E-state index contributed by atoms with van der Waals surface area (Å²) in [7, 11) is 0. The number of pyridine rings is 1. The number of anilines is 1. The minimum absolute atomic E-state index is 0.148. The van der Waals surface area contributed by atoms with Crippen LogP contribution in [0.1, 0.15) is 6.92 Å². The zero-order valence-electron chi connectivity index (χ0n) is 12.2. The Morgan fingerprint density at radius 3 is 2.86 bits per heavy atom. The summed E-state index contributed by atoms with van der Waals surface area (Å²) in [6.45, 7) is 5.71. The fourth-order valence-electron chi connectivity index (χ4n) is 2.24. The molecule has 1 aromatic carbocycles. The predicted octanol–water partition coefficient (Wildman–Crippen LogP) is 3.64. The first kappa shape index (κ1) is 14.3. The largest absolute Gasteiger partial charge is 0.360 e. The molecule has 0 saturated carbocycles. The molecule has 0 bridgehead atoms. The molecule has 0 saturated heterocycles. The quantitative estimate of drug-likeness (QED) is 0.688. The van der Waals surface area contributed by atoms with Gasteiger partial charge in [-0.2, -0.15) is 0 Å². The summed E-state index contributed by atoms with van der Waals surface area (Å²) < 4.78 is 13.2. The van der Waals surface area contributed by atoms with E-state index in [9.17, 15) is 4.39 Å². The molecule has 0 aliphatic rings. The van der Waals surface area contributed by atoms with Crippen molar-refractivity contribution in [3.8, 4) is 11.1 Å². The summed E-state index contributed by atoms with van der Waals surface area (Å²) in [6.07, 6.45) is 3.62. The number of nitrogens with one attached hydrogen (secondary N) is 2. The molecule has 3 rings (SSSR count). The van der Waals surface area contributed by atoms with E-state index in [4.69, 9.17) is 5.73 Å². The number of hydrogen-bond donors (Lipinski definition) is 3. The van der Waals surface area contributed by atoms with Gasteiger partial charge in [0, 0.05) is 46.2 Å². The molecule has 0 unspecified atom stereocenters. The fourth-order valence-corrected chi connectivity index (χ4v) is 2.24. The van der Waals surface area contributed by atoms with Crippen molar-refractivity contribution in [3.05, 3.63) is 60.8 Å². The number of aromatic amines is 1. The van der Waals surface area contributed by atoms with Gasteiger partial charge in [0.15, 0.2) is 0 Å².